The van der Waals surface area contributed by atoms with Crippen LogP contribution in [0.3, 0.4) is 0 Å². The van der Waals surface area contributed by atoms with Gasteiger partial charge >= 0.3 is 17.9 Å². The molecule has 0 aliphatic heterocycles. The second-order valence-corrected chi connectivity index (χ2v) is 8.21. The van der Waals surface area contributed by atoms with Crippen molar-refractivity contribution in [3.05, 3.63) is 0 Å². The zero-order valence-corrected chi connectivity index (χ0v) is 20.3. The summed E-state index contributed by atoms with van der Waals surface area (Å²) in [6.07, 6.45) is 12.6. The third-order valence-electron chi connectivity index (χ3n) is 5.12. The summed E-state index contributed by atoms with van der Waals surface area (Å²) in [4.78, 5) is 35.5. The second-order valence-electron chi connectivity index (χ2n) is 8.21. The fourth-order valence-corrected chi connectivity index (χ4v) is 3.20. The molecule has 182 valence electrons. The molecule has 0 amide bonds. The van der Waals surface area contributed by atoms with Gasteiger partial charge in [0.25, 0.3) is 0 Å². The minimum absolute atomic E-state index is 0.156. The van der Waals surface area contributed by atoms with Crippen LogP contribution in [0.25, 0.3) is 0 Å². The number of esters is 3. The first kappa shape index (κ1) is 29.4. The topological polar surface area (TPSA) is 78.9 Å². The van der Waals surface area contributed by atoms with Gasteiger partial charge in [-0.15, -0.1) is 0 Å². The van der Waals surface area contributed by atoms with Crippen LogP contribution in [0.1, 0.15) is 124 Å². The van der Waals surface area contributed by atoms with Crippen molar-refractivity contribution < 1.29 is 28.6 Å². The molecule has 0 spiro atoms. The van der Waals surface area contributed by atoms with Crippen molar-refractivity contribution in [3.8, 4) is 0 Å². The largest absolute Gasteiger partial charge is 0.466 e. The predicted octanol–water partition coefficient (Wildman–Crippen LogP) is 6.29. The molecule has 0 aromatic rings. The average molecular weight is 443 g/mol. The van der Waals surface area contributed by atoms with E-state index >= 15 is 0 Å². The van der Waals surface area contributed by atoms with Crippen LogP contribution in [0.15, 0.2) is 0 Å². The molecule has 0 atom stereocenters. The van der Waals surface area contributed by atoms with Gasteiger partial charge in [-0.25, -0.2) is 0 Å². The molecule has 0 heterocycles. The van der Waals surface area contributed by atoms with Crippen molar-refractivity contribution in [2.45, 2.75) is 130 Å². The molecule has 0 radical (unpaired) electrons. The number of hydrogen-bond acceptors (Lipinski definition) is 6. The van der Waals surface area contributed by atoms with Crippen molar-refractivity contribution >= 4 is 17.9 Å². The van der Waals surface area contributed by atoms with Crippen molar-refractivity contribution in [1.82, 2.24) is 0 Å². The van der Waals surface area contributed by atoms with Crippen molar-refractivity contribution in [2.24, 2.45) is 0 Å². The molecule has 0 saturated carbocycles. The van der Waals surface area contributed by atoms with E-state index in [0.717, 1.165) is 57.8 Å². The Labute approximate surface area is 189 Å². The first-order valence-corrected chi connectivity index (χ1v) is 12.5. The summed E-state index contributed by atoms with van der Waals surface area (Å²) in [6, 6.07) is 0. The SMILES string of the molecule is CCCCCC(=O)OCCCC(CCCOC(=O)CCCCC)OC(=O)CCCCC. The third-order valence-corrected chi connectivity index (χ3v) is 5.12. The number of rotatable bonds is 21. The monoisotopic (exact) mass is 442 g/mol. The molecule has 6 nitrogen and oxygen atoms in total. The number of carbonyl (C=O) groups excluding carboxylic acids is 3. The predicted molar refractivity (Wildman–Crippen MR) is 123 cm³/mol. The quantitative estimate of drug-likeness (QED) is 0.118. The van der Waals surface area contributed by atoms with Crippen molar-refractivity contribution in [3.63, 3.8) is 0 Å². The molecule has 0 saturated heterocycles. The maximum Gasteiger partial charge on any atom is 0.306 e. The molecule has 0 aliphatic rings. The van der Waals surface area contributed by atoms with Gasteiger partial charge in [-0.2, -0.15) is 0 Å². The van der Waals surface area contributed by atoms with Gasteiger partial charge in [0.2, 0.25) is 0 Å². The van der Waals surface area contributed by atoms with Gasteiger partial charge in [0.05, 0.1) is 13.2 Å². The van der Waals surface area contributed by atoms with Crippen LogP contribution in [0.2, 0.25) is 0 Å². The van der Waals surface area contributed by atoms with Gasteiger partial charge in [0, 0.05) is 19.3 Å². The van der Waals surface area contributed by atoms with E-state index in [1.54, 1.807) is 0 Å². The van der Waals surface area contributed by atoms with Crippen LogP contribution in [0.5, 0.6) is 0 Å². The number of ether oxygens (including phenoxy) is 3. The van der Waals surface area contributed by atoms with E-state index in [0.29, 0.717) is 58.2 Å². The molecule has 6 heteroatoms. The highest BCUT2D eigenvalue weighted by Gasteiger charge is 2.15. The third kappa shape index (κ3) is 20.1. The van der Waals surface area contributed by atoms with Crippen LogP contribution < -0.4 is 0 Å². The summed E-state index contributed by atoms with van der Waals surface area (Å²) < 4.78 is 16.2. The molecule has 0 fully saturated rings. The van der Waals surface area contributed by atoms with Gasteiger partial charge in [-0.05, 0) is 44.9 Å². The minimum Gasteiger partial charge on any atom is -0.466 e. The average Bonchev–Trinajstić information content (AvgIpc) is 2.74. The van der Waals surface area contributed by atoms with E-state index in [1.807, 2.05) is 0 Å². The van der Waals surface area contributed by atoms with E-state index in [1.165, 1.54) is 0 Å². The Balaban J connectivity index is 4.22. The number of unbranched alkanes of at least 4 members (excludes halogenated alkanes) is 6. The Bertz CT molecular complexity index is 433. The van der Waals surface area contributed by atoms with E-state index < -0.39 is 0 Å². The summed E-state index contributed by atoms with van der Waals surface area (Å²) in [7, 11) is 0. The molecule has 0 aromatic heterocycles. The zero-order valence-electron chi connectivity index (χ0n) is 20.3. The van der Waals surface area contributed by atoms with Crippen LogP contribution >= 0.6 is 0 Å². The molecular formula is C25H46O6. The van der Waals surface area contributed by atoms with Gasteiger partial charge < -0.3 is 14.2 Å². The van der Waals surface area contributed by atoms with Crippen LogP contribution in [0.4, 0.5) is 0 Å². The molecule has 0 N–H and O–H groups in total. The fraction of sp³-hybridized carbons (Fsp3) is 0.880. The lowest BCUT2D eigenvalue weighted by molar-refractivity contribution is -0.152. The maximum absolute atomic E-state index is 12.1. The molecular weight excluding hydrogens is 396 g/mol. The number of carbonyl (C=O) groups is 3. The Hall–Kier alpha value is -1.59. The minimum atomic E-state index is -0.230. The van der Waals surface area contributed by atoms with E-state index in [4.69, 9.17) is 14.2 Å². The summed E-state index contributed by atoms with van der Waals surface area (Å²) in [5.41, 5.74) is 0. The molecule has 0 aliphatic carbocycles. The first-order valence-electron chi connectivity index (χ1n) is 12.5. The van der Waals surface area contributed by atoms with Gasteiger partial charge in [-0.3, -0.25) is 14.4 Å². The van der Waals surface area contributed by atoms with Crippen molar-refractivity contribution in [1.29, 1.82) is 0 Å². The Kier molecular flexibility index (Phi) is 20.5. The summed E-state index contributed by atoms with van der Waals surface area (Å²) in [5.74, 6) is -0.486. The van der Waals surface area contributed by atoms with Gasteiger partial charge in [0.15, 0.2) is 0 Å². The van der Waals surface area contributed by atoms with Crippen LogP contribution in [0, 0.1) is 0 Å². The normalized spacial score (nSPS) is 10.8. The fourth-order valence-electron chi connectivity index (χ4n) is 3.20. The summed E-state index contributed by atoms with van der Waals surface area (Å²) >= 11 is 0. The molecule has 0 rings (SSSR count). The molecule has 0 unspecified atom stereocenters. The van der Waals surface area contributed by atoms with E-state index in [9.17, 15) is 14.4 Å². The Morgan fingerprint density at radius 2 is 0.935 bits per heavy atom. The van der Waals surface area contributed by atoms with Gasteiger partial charge in [0.1, 0.15) is 6.10 Å². The summed E-state index contributed by atoms with van der Waals surface area (Å²) in [5, 5.41) is 0. The highest BCUT2D eigenvalue weighted by atomic mass is 16.5. The zero-order chi connectivity index (χ0) is 23.2. The Morgan fingerprint density at radius 3 is 1.32 bits per heavy atom. The second kappa shape index (κ2) is 21.6. The lowest BCUT2D eigenvalue weighted by Gasteiger charge is -2.18. The van der Waals surface area contributed by atoms with E-state index in [2.05, 4.69) is 20.8 Å². The smallest absolute Gasteiger partial charge is 0.306 e. The van der Waals surface area contributed by atoms with E-state index in [-0.39, 0.29) is 24.0 Å². The summed E-state index contributed by atoms with van der Waals surface area (Å²) in [6.45, 7) is 6.99. The maximum atomic E-state index is 12.1. The standard InChI is InChI=1S/C25H46O6/c1-4-7-10-17-23(26)29-20-13-15-22(31-25(28)19-12-9-6-3)16-14-21-30-24(27)18-11-8-5-2/h22H,4-21H2,1-3H3. The van der Waals surface area contributed by atoms with Gasteiger partial charge in [-0.1, -0.05) is 59.3 Å². The van der Waals surface area contributed by atoms with Crippen LogP contribution in [-0.4, -0.2) is 37.2 Å². The number of hydrogen-bond donors (Lipinski definition) is 0. The van der Waals surface area contributed by atoms with Crippen LogP contribution in [-0.2, 0) is 28.6 Å². The van der Waals surface area contributed by atoms with Crippen molar-refractivity contribution in [2.75, 3.05) is 13.2 Å². The lowest BCUT2D eigenvalue weighted by atomic mass is 10.1. The highest BCUT2D eigenvalue weighted by molar-refractivity contribution is 5.70. The Morgan fingerprint density at radius 1 is 0.548 bits per heavy atom. The first-order chi connectivity index (χ1) is 15.0. The highest BCUT2D eigenvalue weighted by Crippen LogP contribution is 2.13. The molecule has 31 heavy (non-hydrogen) atoms. The molecule has 0 aromatic carbocycles. The lowest BCUT2D eigenvalue weighted by Crippen LogP contribution is -2.20. The molecule has 0 bridgehead atoms.